The Kier molecular flexibility index (Phi) is 3.62. The largest absolute Gasteiger partial charge is 0.573 e. The summed E-state index contributed by atoms with van der Waals surface area (Å²) in [6, 6.07) is 3.69. The highest BCUT2D eigenvalue weighted by Gasteiger charge is 2.32. The van der Waals surface area contributed by atoms with Crippen LogP contribution in [0.2, 0.25) is 0 Å². The summed E-state index contributed by atoms with van der Waals surface area (Å²) in [6.07, 6.45) is -2.99. The third-order valence-corrected chi connectivity index (χ3v) is 1.73. The van der Waals surface area contributed by atoms with E-state index in [1.54, 1.807) is 0 Å². The maximum Gasteiger partial charge on any atom is 0.573 e. The SMILES string of the molecule is Nc1c(/C=C/C(=O)O)cccc1OC(F)(F)F. The van der Waals surface area contributed by atoms with Crippen molar-refractivity contribution in [2.45, 2.75) is 6.36 Å². The normalized spacial score (nSPS) is 11.7. The molecule has 1 rings (SSSR count). The van der Waals surface area contributed by atoms with E-state index in [1.165, 1.54) is 12.1 Å². The van der Waals surface area contributed by atoms with Crippen molar-refractivity contribution in [3.8, 4) is 5.75 Å². The van der Waals surface area contributed by atoms with Crippen molar-refractivity contribution in [2.75, 3.05) is 5.73 Å². The zero-order valence-corrected chi connectivity index (χ0v) is 8.36. The van der Waals surface area contributed by atoms with Crippen molar-refractivity contribution in [1.82, 2.24) is 0 Å². The number of aliphatic carboxylic acids is 1. The lowest BCUT2D eigenvalue weighted by Crippen LogP contribution is -2.18. The van der Waals surface area contributed by atoms with Gasteiger partial charge in [-0.1, -0.05) is 12.1 Å². The Morgan fingerprint density at radius 1 is 1.41 bits per heavy atom. The van der Waals surface area contributed by atoms with E-state index in [0.717, 1.165) is 18.2 Å². The van der Waals surface area contributed by atoms with Gasteiger partial charge in [0.2, 0.25) is 0 Å². The van der Waals surface area contributed by atoms with Crippen LogP contribution in [0.3, 0.4) is 0 Å². The first-order valence-electron chi connectivity index (χ1n) is 4.35. The van der Waals surface area contributed by atoms with Crippen LogP contribution in [0.4, 0.5) is 18.9 Å². The van der Waals surface area contributed by atoms with Gasteiger partial charge < -0.3 is 15.6 Å². The summed E-state index contributed by atoms with van der Waals surface area (Å²) in [7, 11) is 0. The van der Waals surface area contributed by atoms with Gasteiger partial charge in [0.15, 0.2) is 5.75 Å². The Hall–Kier alpha value is -2.18. The van der Waals surface area contributed by atoms with Crippen molar-refractivity contribution in [1.29, 1.82) is 0 Å². The highest BCUT2D eigenvalue weighted by atomic mass is 19.4. The second kappa shape index (κ2) is 4.77. The Bertz CT molecular complexity index is 455. The third-order valence-electron chi connectivity index (χ3n) is 1.73. The predicted octanol–water partition coefficient (Wildman–Crippen LogP) is 2.27. The van der Waals surface area contributed by atoms with E-state index in [2.05, 4.69) is 4.74 Å². The molecule has 0 unspecified atom stereocenters. The topological polar surface area (TPSA) is 72.6 Å². The fourth-order valence-corrected chi connectivity index (χ4v) is 1.08. The molecular weight excluding hydrogens is 239 g/mol. The van der Waals surface area contributed by atoms with Crippen LogP contribution >= 0.6 is 0 Å². The summed E-state index contributed by atoms with van der Waals surface area (Å²) in [5.41, 5.74) is 5.27. The van der Waals surface area contributed by atoms with Crippen LogP contribution < -0.4 is 10.5 Å². The third kappa shape index (κ3) is 4.06. The quantitative estimate of drug-likeness (QED) is 0.634. The number of halogens is 3. The average Bonchev–Trinajstić information content (AvgIpc) is 2.17. The number of para-hydroxylation sites is 1. The summed E-state index contributed by atoms with van der Waals surface area (Å²) in [5.74, 6) is -1.79. The number of ether oxygens (including phenoxy) is 1. The number of nitrogen functional groups attached to an aromatic ring is 1. The molecule has 3 N–H and O–H groups in total. The molecule has 0 radical (unpaired) electrons. The molecule has 0 aliphatic heterocycles. The summed E-state index contributed by atoms with van der Waals surface area (Å²) in [5, 5.41) is 8.38. The zero-order chi connectivity index (χ0) is 13.1. The number of nitrogens with two attached hydrogens (primary N) is 1. The maximum absolute atomic E-state index is 12.0. The fraction of sp³-hybridized carbons (Fsp3) is 0.100. The van der Waals surface area contributed by atoms with Gasteiger partial charge in [0, 0.05) is 11.6 Å². The van der Waals surface area contributed by atoms with E-state index in [4.69, 9.17) is 10.8 Å². The van der Waals surface area contributed by atoms with Gasteiger partial charge in [-0.15, -0.1) is 13.2 Å². The standard InChI is InChI=1S/C10H8F3NO3/c11-10(12,13)17-7-3-1-2-6(9(7)14)4-5-8(15)16/h1-5H,14H2,(H,15,16)/b5-4+. The number of hydrogen-bond acceptors (Lipinski definition) is 3. The van der Waals surface area contributed by atoms with Crippen LogP contribution in [-0.2, 0) is 4.79 Å². The molecule has 0 saturated carbocycles. The summed E-state index contributed by atoms with van der Waals surface area (Å²) >= 11 is 0. The van der Waals surface area contributed by atoms with Crippen molar-refractivity contribution < 1.29 is 27.8 Å². The minimum atomic E-state index is -4.84. The smallest absolute Gasteiger partial charge is 0.478 e. The van der Waals surface area contributed by atoms with Crippen LogP contribution in [0.25, 0.3) is 6.08 Å². The molecule has 0 aliphatic carbocycles. The second-order valence-corrected chi connectivity index (χ2v) is 2.98. The molecule has 0 spiro atoms. The Labute approximate surface area is 94.1 Å². The molecule has 4 nitrogen and oxygen atoms in total. The number of carbonyl (C=O) groups is 1. The molecule has 17 heavy (non-hydrogen) atoms. The van der Waals surface area contributed by atoms with E-state index in [-0.39, 0.29) is 11.3 Å². The monoisotopic (exact) mass is 247 g/mol. The average molecular weight is 247 g/mol. The first kappa shape index (κ1) is 12.9. The summed E-state index contributed by atoms with van der Waals surface area (Å²) in [6.45, 7) is 0. The highest BCUT2D eigenvalue weighted by Crippen LogP contribution is 2.31. The van der Waals surface area contributed by atoms with E-state index in [9.17, 15) is 18.0 Å². The van der Waals surface area contributed by atoms with Gasteiger partial charge in [-0.05, 0) is 12.1 Å². The zero-order valence-electron chi connectivity index (χ0n) is 8.36. The number of anilines is 1. The molecule has 0 amide bonds. The number of carboxylic acid groups (broad SMARTS) is 1. The maximum atomic E-state index is 12.0. The molecule has 0 bridgehead atoms. The fourth-order valence-electron chi connectivity index (χ4n) is 1.08. The van der Waals surface area contributed by atoms with Crippen molar-refractivity contribution in [2.24, 2.45) is 0 Å². The van der Waals surface area contributed by atoms with Gasteiger partial charge in [-0.3, -0.25) is 0 Å². The molecule has 1 aromatic carbocycles. The Morgan fingerprint density at radius 3 is 2.59 bits per heavy atom. The number of benzene rings is 1. The van der Waals surface area contributed by atoms with E-state index in [0.29, 0.717) is 0 Å². The van der Waals surface area contributed by atoms with Gasteiger partial charge in [0.05, 0.1) is 5.69 Å². The number of alkyl halides is 3. The summed E-state index contributed by atoms with van der Waals surface area (Å²) < 4.78 is 39.6. The molecule has 0 saturated heterocycles. The molecule has 0 fully saturated rings. The van der Waals surface area contributed by atoms with Crippen LogP contribution in [0.15, 0.2) is 24.3 Å². The highest BCUT2D eigenvalue weighted by molar-refractivity contribution is 5.87. The summed E-state index contributed by atoms with van der Waals surface area (Å²) in [4.78, 5) is 10.3. The number of carboxylic acids is 1. The molecule has 0 heterocycles. The van der Waals surface area contributed by atoms with Crippen LogP contribution in [0.1, 0.15) is 5.56 Å². The lowest BCUT2D eigenvalue weighted by atomic mass is 10.1. The second-order valence-electron chi connectivity index (χ2n) is 2.98. The van der Waals surface area contributed by atoms with Crippen LogP contribution in [0, 0.1) is 0 Å². The Morgan fingerprint density at radius 2 is 2.06 bits per heavy atom. The molecule has 0 aliphatic rings. The molecule has 1 aromatic rings. The van der Waals surface area contributed by atoms with Gasteiger partial charge in [-0.2, -0.15) is 0 Å². The molecule has 7 heteroatoms. The van der Waals surface area contributed by atoms with Crippen LogP contribution in [-0.4, -0.2) is 17.4 Å². The number of rotatable bonds is 3. The molecule has 92 valence electrons. The van der Waals surface area contributed by atoms with Crippen molar-refractivity contribution >= 4 is 17.7 Å². The van der Waals surface area contributed by atoms with Gasteiger partial charge in [-0.25, -0.2) is 4.79 Å². The lowest BCUT2D eigenvalue weighted by Gasteiger charge is -2.12. The molecular formula is C10H8F3NO3. The van der Waals surface area contributed by atoms with E-state index < -0.39 is 18.1 Å². The number of hydrogen-bond donors (Lipinski definition) is 2. The first-order valence-corrected chi connectivity index (χ1v) is 4.35. The minimum Gasteiger partial charge on any atom is -0.478 e. The van der Waals surface area contributed by atoms with Gasteiger partial charge in [0.1, 0.15) is 0 Å². The Balaban J connectivity index is 3.03. The van der Waals surface area contributed by atoms with Crippen molar-refractivity contribution in [3.63, 3.8) is 0 Å². The first-order chi connectivity index (χ1) is 7.79. The lowest BCUT2D eigenvalue weighted by molar-refractivity contribution is -0.274. The van der Waals surface area contributed by atoms with Gasteiger partial charge in [0.25, 0.3) is 0 Å². The molecule has 0 atom stereocenters. The van der Waals surface area contributed by atoms with Gasteiger partial charge >= 0.3 is 12.3 Å². The van der Waals surface area contributed by atoms with Crippen molar-refractivity contribution in [3.05, 3.63) is 29.8 Å². The predicted molar refractivity (Wildman–Crippen MR) is 54.2 cm³/mol. The van der Waals surface area contributed by atoms with Crippen LogP contribution in [0.5, 0.6) is 5.75 Å². The van der Waals surface area contributed by atoms with E-state index >= 15 is 0 Å². The van der Waals surface area contributed by atoms with E-state index in [1.807, 2.05) is 0 Å². The molecule has 0 aromatic heterocycles. The minimum absolute atomic E-state index is 0.133.